The second kappa shape index (κ2) is 6.34. The van der Waals surface area contributed by atoms with Crippen LogP contribution in [0.5, 0.6) is 0 Å². The second-order valence-electron chi connectivity index (χ2n) is 3.52. The number of aliphatic carboxylic acids is 1. The van der Waals surface area contributed by atoms with Crippen molar-refractivity contribution in [3.63, 3.8) is 0 Å². The standard InChI is InChI=1S/C11H12BrFN2O3/c1-2-8(10(16)17)14-11(18)15-9-5-6(13)3-4-7(9)12/h3-5,8H,2H2,1H3,(H,16,17)(H2,14,15,18)/t8-/m1/s1. The molecule has 0 bridgehead atoms. The summed E-state index contributed by atoms with van der Waals surface area (Å²) in [6.45, 7) is 1.64. The molecule has 3 N–H and O–H groups in total. The number of carbonyl (C=O) groups excluding carboxylic acids is 1. The Kier molecular flexibility index (Phi) is 5.08. The van der Waals surface area contributed by atoms with Gasteiger partial charge in [0.25, 0.3) is 0 Å². The number of nitrogens with one attached hydrogen (secondary N) is 2. The molecule has 0 heterocycles. The van der Waals surface area contributed by atoms with E-state index in [0.717, 1.165) is 6.07 Å². The van der Waals surface area contributed by atoms with Crippen LogP contribution in [0.1, 0.15) is 13.3 Å². The third-order valence-corrected chi connectivity index (χ3v) is 2.88. The van der Waals surface area contributed by atoms with Gasteiger partial charge in [-0.2, -0.15) is 0 Å². The Morgan fingerprint density at radius 3 is 2.72 bits per heavy atom. The molecular weight excluding hydrogens is 307 g/mol. The number of anilines is 1. The van der Waals surface area contributed by atoms with E-state index in [2.05, 4.69) is 26.6 Å². The van der Waals surface area contributed by atoms with E-state index in [4.69, 9.17) is 5.11 Å². The molecule has 0 aliphatic heterocycles. The largest absolute Gasteiger partial charge is 0.480 e. The van der Waals surface area contributed by atoms with Crippen molar-refractivity contribution < 1.29 is 19.1 Å². The van der Waals surface area contributed by atoms with Gasteiger partial charge < -0.3 is 15.7 Å². The number of carboxylic acid groups (broad SMARTS) is 1. The molecule has 18 heavy (non-hydrogen) atoms. The first-order valence-corrected chi connectivity index (χ1v) is 5.98. The van der Waals surface area contributed by atoms with Crippen LogP contribution in [0.3, 0.4) is 0 Å². The maximum absolute atomic E-state index is 13.0. The first-order valence-electron chi connectivity index (χ1n) is 5.19. The number of hydrogen-bond donors (Lipinski definition) is 3. The summed E-state index contributed by atoms with van der Waals surface area (Å²) in [5.41, 5.74) is 0.229. The highest BCUT2D eigenvalue weighted by molar-refractivity contribution is 9.10. The minimum Gasteiger partial charge on any atom is -0.480 e. The molecule has 98 valence electrons. The Bertz CT molecular complexity index is 468. The van der Waals surface area contributed by atoms with Gasteiger partial charge in [0.05, 0.1) is 5.69 Å². The molecule has 1 rings (SSSR count). The zero-order valence-corrected chi connectivity index (χ0v) is 11.1. The molecule has 0 saturated carbocycles. The average Bonchev–Trinajstić information content (AvgIpc) is 2.30. The first-order chi connectivity index (χ1) is 8.43. The van der Waals surface area contributed by atoms with Gasteiger partial charge in [0.1, 0.15) is 11.9 Å². The Labute approximate surface area is 112 Å². The number of halogens is 2. The average molecular weight is 319 g/mol. The number of rotatable bonds is 4. The Balaban J connectivity index is 2.70. The van der Waals surface area contributed by atoms with Gasteiger partial charge in [0.15, 0.2) is 0 Å². The quantitative estimate of drug-likeness (QED) is 0.798. The van der Waals surface area contributed by atoms with E-state index >= 15 is 0 Å². The maximum atomic E-state index is 13.0. The van der Waals surface area contributed by atoms with E-state index in [9.17, 15) is 14.0 Å². The summed E-state index contributed by atoms with van der Waals surface area (Å²) in [7, 11) is 0. The van der Waals surface area contributed by atoms with Crippen molar-refractivity contribution in [2.75, 3.05) is 5.32 Å². The molecule has 0 aromatic heterocycles. The third-order valence-electron chi connectivity index (χ3n) is 2.19. The fourth-order valence-corrected chi connectivity index (χ4v) is 1.59. The van der Waals surface area contributed by atoms with Crippen molar-refractivity contribution >= 4 is 33.6 Å². The van der Waals surface area contributed by atoms with Gasteiger partial charge in [0.2, 0.25) is 0 Å². The van der Waals surface area contributed by atoms with Gasteiger partial charge in [0, 0.05) is 4.47 Å². The van der Waals surface area contributed by atoms with Crippen LogP contribution in [-0.2, 0) is 4.79 Å². The SMILES string of the molecule is CC[C@@H](NC(=O)Nc1cc(F)ccc1Br)C(=O)O. The Morgan fingerprint density at radius 1 is 1.50 bits per heavy atom. The van der Waals surface area contributed by atoms with Crippen LogP contribution in [0.2, 0.25) is 0 Å². The molecule has 0 aliphatic carbocycles. The number of hydrogen-bond acceptors (Lipinski definition) is 2. The predicted octanol–water partition coefficient (Wildman–Crippen LogP) is 2.57. The molecule has 5 nitrogen and oxygen atoms in total. The van der Waals surface area contributed by atoms with E-state index in [1.807, 2.05) is 0 Å². The number of amides is 2. The monoisotopic (exact) mass is 318 g/mol. The number of urea groups is 1. The van der Waals surface area contributed by atoms with Crippen molar-refractivity contribution in [3.8, 4) is 0 Å². The van der Waals surface area contributed by atoms with Gasteiger partial charge >= 0.3 is 12.0 Å². The van der Waals surface area contributed by atoms with Gasteiger partial charge in [-0.15, -0.1) is 0 Å². The normalized spacial score (nSPS) is 11.7. The highest BCUT2D eigenvalue weighted by Gasteiger charge is 2.17. The molecule has 1 aromatic carbocycles. The topological polar surface area (TPSA) is 78.4 Å². The number of benzene rings is 1. The first kappa shape index (κ1) is 14.4. The highest BCUT2D eigenvalue weighted by Crippen LogP contribution is 2.22. The fraction of sp³-hybridized carbons (Fsp3) is 0.273. The minimum atomic E-state index is -1.12. The molecule has 0 unspecified atom stereocenters. The predicted molar refractivity (Wildman–Crippen MR) is 68.0 cm³/mol. The van der Waals surface area contributed by atoms with Gasteiger partial charge in [-0.25, -0.2) is 14.0 Å². The van der Waals surface area contributed by atoms with Crippen LogP contribution in [0.25, 0.3) is 0 Å². The summed E-state index contributed by atoms with van der Waals surface area (Å²) in [6, 6.07) is 2.14. The van der Waals surface area contributed by atoms with Crippen LogP contribution in [0.15, 0.2) is 22.7 Å². The molecule has 1 aromatic rings. The summed E-state index contributed by atoms with van der Waals surface area (Å²) in [6.07, 6.45) is 0.257. The molecule has 0 fully saturated rings. The zero-order chi connectivity index (χ0) is 13.7. The smallest absolute Gasteiger partial charge is 0.326 e. The highest BCUT2D eigenvalue weighted by atomic mass is 79.9. The molecule has 7 heteroatoms. The van der Waals surface area contributed by atoms with Crippen LogP contribution in [0, 0.1) is 5.82 Å². The maximum Gasteiger partial charge on any atom is 0.326 e. The van der Waals surface area contributed by atoms with E-state index in [1.165, 1.54) is 12.1 Å². The lowest BCUT2D eigenvalue weighted by atomic mass is 10.2. The number of carboxylic acids is 1. The van der Waals surface area contributed by atoms with Crippen molar-refractivity contribution in [1.29, 1.82) is 0 Å². The summed E-state index contributed by atoms with van der Waals surface area (Å²) in [5.74, 6) is -1.62. The minimum absolute atomic E-state index is 0.229. The zero-order valence-electron chi connectivity index (χ0n) is 9.54. The molecule has 0 spiro atoms. The summed E-state index contributed by atoms with van der Waals surface area (Å²) < 4.78 is 13.5. The lowest BCUT2D eigenvalue weighted by Gasteiger charge is -2.13. The van der Waals surface area contributed by atoms with E-state index in [0.29, 0.717) is 4.47 Å². The van der Waals surface area contributed by atoms with Crippen LogP contribution in [0.4, 0.5) is 14.9 Å². The Morgan fingerprint density at radius 2 is 2.17 bits per heavy atom. The van der Waals surface area contributed by atoms with Crippen LogP contribution >= 0.6 is 15.9 Å². The van der Waals surface area contributed by atoms with Gasteiger partial charge in [-0.3, -0.25) is 0 Å². The Hall–Kier alpha value is -1.63. The van der Waals surface area contributed by atoms with Gasteiger partial charge in [-0.05, 0) is 40.5 Å². The summed E-state index contributed by atoms with van der Waals surface area (Å²) >= 11 is 3.15. The molecule has 1 atom stereocenters. The fourth-order valence-electron chi connectivity index (χ4n) is 1.25. The molecule has 0 radical (unpaired) electrons. The second-order valence-corrected chi connectivity index (χ2v) is 4.38. The number of carbonyl (C=O) groups is 2. The van der Waals surface area contributed by atoms with Crippen molar-refractivity contribution in [2.24, 2.45) is 0 Å². The van der Waals surface area contributed by atoms with Crippen LogP contribution < -0.4 is 10.6 Å². The molecule has 2 amide bonds. The van der Waals surface area contributed by atoms with E-state index in [-0.39, 0.29) is 12.1 Å². The van der Waals surface area contributed by atoms with Crippen molar-refractivity contribution in [1.82, 2.24) is 5.32 Å². The molecular formula is C11H12BrFN2O3. The van der Waals surface area contributed by atoms with E-state index in [1.54, 1.807) is 6.92 Å². The summed E-state index contributed by atoms with van der Waals surface area (Å²) in [4.78, 5) is 22.2. The lowest BCUT2D eigenvalue weighted by Crippen LogP contribution is -2.42. The summed E-state index contributed by atoms with van der Waals surface area (Å²) in [5, 5.41) is 13.4. The lowest BCUT2D eigenvalue weighted by molar-refractivity contribution is -0.139. The van der Waals surface area contributed by atoms with E-state index < -0.39 is 23.9 Å². The van der Waals surface area contributed by atoms with Crippen molar-refractivity contribution in [2.45, 2.75) is 19.4 Å². The van der Waals surface area contributed by atoms with Gasteiger partial charge in [-0.1, -0.05) is 6.92 Å². The third kappa shape index (κ3) is 3.99. The van der Waals surface area contributed by atoms with Crippen molar-refractivity contribution in [3.05, 3.63) is 28.5 Å². The molecule has 0 aliphatic rings. The molecule has 0 saturated heterocycles. The van der Waals surface area contributed by atoms with Crippen LogP contribution in [-0.4, -0.2) is 23.1 Å².